The number of hydrogen-bond donors (Lipinski definition) is 1. The summed E-state index contributed by atoms with van der Waals surface area (Å²) in [5, 5.41) is 6.49. The van der Waals surface area contributed by atoms with Gasteiger partial charge in [-0.3, -0.25) is 23.6 Å². The van der Waals surface area contributed by atoms with Crippen LogP contribution in [0.5, 0.6) is 0 Å². The van der Waals surface area contributed by atoms with Crippen LogP contribution in [-0.2, 0) is 21.5 Å². The zero-order valence-corrected chi connectivity index (χ0v) is 13.7. The number of amides is 2. The molecule has 0 spiro atoms. The molecule has 3 rings (SSSR count). The summed E-state index contributed by atoms with van der Waals surface area (Å²) >= 11 is 0. The van der Waals surface area contributed by atoms with Gasteiger partial charge < -0.3 is 5.32 Å². The summed E-state index contributed by atoms with van der Waals surface area (Å²) in [6, 6.07) is 7.02. The Labute approximate surface area is 138 Å². The molecule has 126 valence electrons. The predicted molar refractivity (Wildman–Crippen MR) is 86.9 cm³/mol. The summed E-state index contributed by atoms with van der Waals surface area (Å²) < 4.78 is 5.91. The fourth-order valence-corrected chi connectivity index (χ4v) is 2.62. The van der Waals surface area contributed by atoms with Crippen LogP contribution in [0.1, 0.15) is 26.6 Å². The smallest absolute Gasteiger partial charge is 0.323 e. The third-order valence-electron chi connectivity index (χ3n) is 3.72. The Bertz CT molecular complexity index is 859. The van der Waals surface area contributed by atoms with Crippen molar-refractivity contribution in [3.05, 3.63) is 40.6 Å². The van der Waals surface area contributed by atoms with Crippen LogP contribution >= 0.6 is 0 Å². The highest BCUT2D eigenvalue weighted by Crippen LogP contribution is 2.29. The summed E-state index contributed by atoms with van der Waals surface area (Å²) in [5.41, 5.74) is 0.712. The largest absolute Gasteiger partial charge is 0.442 e. The van der Waals surface area contributed by atoms with Gasteiger partial charge in [-0.25, -0.2) is 4.79 Å². The van der Waals surface area contributed by atoms with E-state index >= 15 is 0 Å². The van der Waals surface area contributed by atoms with Gasteiger partial charge in [-0.15, -0.1) is 0 Å². The lowest BCUT2D eigenvalue weighted by atomic mass is 9.96. The standard InChI is InChI=1S/C16H18N4O4/c1-16(2,3)14-18-24-15(23)20(14)9-13(22)19-8-12(21)17-10-6-4-5-7-11(10)19/h4-7H,8-9H2,1-3H3,(H,17,21). The van der Waals surface area contributed by atoms with E-state index in [-0.39, 0.29) is 24.9 Å². The van der Waals surface area contributed by atoms with Gasteiger partial charge in [0.1, 0.15) is 13.1 Å². The Kier molecular flexibility index (Phi) is 3.75. The van der Waals surface area contributed by atoms with Crippen molar-refractivity contribution in [1.82, 2.24) is 9.72 Å². The van der Waals surface area contributed by atoms with Crippen molar-refractivity contribution in [3.8, 4) is 0 Å². The molecule has 1 aromatic heterocycles. The van der Waals surface area contributed by atoms with Crippen molar-refractivity contribution in [2.75, 3.05) is 16.8 Å². The number of para-hydroxylation sites is 2. The van der Waals surface area contributed by atoms with Gasteiger partial charge >= 0.3 is 5.76 Å². The van der Waals surface area contributed by atoms with Crippen molar-refractivity contribution < 1.29 is 14.1 Å². The van der Waals surface area contributed by atoms with Crippen LogP contribution in [0.15, 0.2) is 33.6 Å². The fraction of sp³-hybridized carbons (Fsp3) is 0.375. The lowest BCUT2D eigenvalue weighted by Crippen LogP contribution is -2.44. The zero-order valence-electron chi connectivity index (χ0n) is 13.7. The minimum absolute atomic E-state index is 0.0965. The molecule has 0 atom stereocenters. The van der Waals surface area contributed by atoms with Crippen molar-refractivity contribution in [3.63, 3.8) is 0 Å². The molecular formula is C16H18N4O4. The van der Waals surface area contributed by atoms with Gasteiger partial charge in [0.25, 0.3) is 0 Å². The molecule has 1 aliphatic heterocycles. The van der Waals surface area contributed by atoms with E-state index in [2.05, 4.69) is 10.5 Å². The molecule has 24 heavy (non-hydrogen) atoms. The van der Waals surface area contributed by atoms with E-state index < -0.39 is 11.2 Å². The molecule has 0 bridgehead atoms. The van der Waals surface area contributed by atoms with E-state index in [0.29, 0.717) is 17.2 Å². The first-order chi connectivity index (χ1) is 11.3. The summed E-state index contributed by atoms with van der Waals surface area (Å²) in [6.07, 6.45) is 0. The van der Waals surface area contributed by atoms with Gasteiger partial charge in [-0.2, -0.15) is 0 Å². The number of carbonyl (C=O) groups excluding carboxylic acids is 2. The highest BCUT2D eigenvalue weighted by molar-refractivity contribution is 6.09. The van der Waals surface area contributed by atoms with Crippen LogP contribution in [0.2, 0.25) is 0 Å². The van der Waals surface area contributed by atoms with Crippen molar-refractivity contribution >= 4 is 23.2 Å². The maximum absolute atomic E-state index is 12.7. The van der Waals surface area contributed by atoms with Crippen molar-refractivity contribution in [2.24, 2.45) is 0 Å². The molecule has 0 radical (unpaired) electrons. The highest BCUT2D eigenvalue weighted by atomic mass is 16.5. The lowest BCUT2D eigenvalue weighted by Gasteiger charge is -2.29. The van der Waals surface area contributed by atoms with E-state index in [1.54, 1.807) is 24.3 Å². The number of rotatable bonds is 2. The summed E-state index contributed by atoms with van der Waals surface area (Å²) in [6.45, 7) is 5.27. The Hall–Kier alpha value is -2.90. The first kappa shape index (κ1) is 16.0. The Morgan fingerprint density at radius 2 is 2.00 bits per heavy atom. The van der Waals surface area contributed by atoms with E-state index in [0.717, 1.165) is 0 Å². The molecule has 0 fully saturated rings. The van der Waals surface area contributed by atoms with Crippen LogP contribution in [0, 0.1) is 0 Å². The number of carbonyl (C=O) groups is 2. The Morgan fingerprint density at radius 3 is 2.71 bits per heavy atom. The SMILES string of the molecule is CC(C)(C)c1noc(=O)n1CC(=O)N1CC(=O)Nc2ccccc21. The molecule has 2 aromatic rings. The first-order valence-corrected chi connectivity index (χ1v) is 7.53. The second-order valence-electron chi connectivity index (χ2n) is 6.65. The summed E-state index contributed by atoms with van der Waals surface area (Å²) in [7, 11) is 0. The number of nitrogens with zero attached hydrogens (tertiary/aromatic N) is 3. The number of aromatic nitrogens is 2. The molecule has 1 aliphatic rings. The molecule has 0 saturated carbocycles. The molecule has 8 nitrogen and oxygen atoms in total. The van der Waals surface area contributed by atoms with Gasteiger partial charge in [-0.1, -0.05) is 38.1 Å². The monoisotopic (exact) mass is 330 g/mol. The van der Waals surface area contributed by atoms with Crippen molar-refractivity contribution in [2.45, 2.75) is 32.7 Å². The van der Waals surface area contributed by atoms with Gasteiger partial charge in [0.15, 0.2) is 5.82 Å². The average molecular weight is 330 g/mol. The number of nitrogens with one attached hydrogen (secondary N) is 1. The maximum Gasteiger partial charge on any atom is 0.442 e. The van der Waals surface area contributed by atoms with E-state index in [4.69, 9.17) is 4.52 Å². The van der Waals surface area contributed by atoms with Gasteiger partial charge in [-0.05, 0) is 12.1 Å². The minimum Gasteiger partial charge on any atom is -0.323 e. The quantitative estimate of drug-likeness (QED) is 0.890. The molecule has 0 unspecified atom stereocenters. The lowest BCUT2D eigenvalue weighted by molar-refractivity contribution is -0.122. The Balaban J connectivity index is 1.94. The van der Waals surface area contributed by atoms with Gasteiger partial charge in [0, 0.05) is 5.41 Å². The summed E-state index contributed by atoms with van der Waals surface area (Å²) in [4.78, 5) is 37.8. The minimum atomic E-state index is -0.692. The number of fused-ring (bicyclic) bond motifs is 1. The van der Waals surface area contributed by atoms with Crippen LogP contribution in [-0.4, -0.2) is 28.1 Å². The van der Waals surface area contributed by atoms with Crippen LogP contribution in [0.4, 0.5) is 11.4 Å². The fourth-order valence-electron chi connectivity index (χ4n) is 2.62. The van der Waals surface area contributed by atoms with Crippen LogP contribution < -0.4 is 16.0 Å². The summed E-state index contributed by atoms with van der Waals surface area (Å²) in [5.74, 6) is -0.970. The number of hydrogen-bond acceptors (Lipinski definition) is 5. The topological polar surface area (TPSA) is 97.4 Å². The zero-order chi connectivity index (χ0) is 17.5. The van der Waals surface area contributed by atoms with Gasteiger partial charge in [0.05, 0.1) is 11.4 Å². The van der Waals surface area contributed by atoms with E-state index in [9.17, 15) is 14.4 Å². The van der Waals surface area contributed by atoms with Crippen LogP contribution in [0.3, 0.4) is 0 Å². The van der Waals surface area contributed by atoms with Gasteiger partial charge in [0.2, 0.25) is 11.8 Å². The number of anilines is 2. The van der Waals surface area contributed by atoms with E-state index in [1.807, 2.05) is 20.8 Å². The molecule has 1 aromatic carbocycles. The molecule has 2 amide bonds. The molecule has 0 aliphatic carbocycles. The van der Waals surface area contributed by atoms with Crippen LogP contribution in [0.25, 0.3) is 0 Å². The molecule has 1 N–H and O–H groups in total. The predicted octanol–water partition coefficient (Wildman–Crippen LogP) is 1.12. The third kappa shape index (κ3) is 2.82. The average Bonchev–Trinajstić information content (AvgIpc) is 2.87. The molecule has 8 heteroatoms. The highest BCUT2D eigenvalue weighted by Gasteiger charge is 2.30. The molecule has 0 saturated heterocycles. The molecule has 2 heterocycles. The van der Waals surface area contributed by atoms with E-state index in [1.165, 1.54) is 9.47 Å². The normalized spacial score (nSPS) is 14.3. The van der Waals surface area contributed by atoms with Crippen molar-refractivity contribution in [1.29, 1.82) is 0 Å². The third-order valence-corrected chi connectivity index (χ3v) is 3.72. The number of benzene rings is 1. The second-order valence-corrected chi connectivity index (χ2v) is 6.65. The second kappa shape index (κ2) is 5.63. The first-order valence-electron chi connectivity index (χ1n) is 7.53. The Morgan fingerprint density at radius 1 is 1.29 bits per heavy atom. The maximum atomic E-state index is 12.7. The molecular weight excluding hydrogens is 312 g/mol.